The zero-order valence-electron chi connectivity index (χ0n) is 19.3. The molecule has 12 heteroatoms. The van der Waals surface area contributed by atoms with Gasteiger partial charge in [0.25, 0.3) is 0 Å². The standard InChI is InChI=1S/C12H14N2O5.C10H14N4O/c15-10-7-6-9(13(16)17)12(14(18)19)11(10)8-4-2-1-3-5-8;1-8(15)11-9-4-6-10(7-5-9)12-13-14(2)3/h6-8,15H,1-5H2;4-7H,1-3H3,(H,11,15). The molecule has 1 aliphatic rings. The predicted octanol–water partition coefficient (Wildman–Crippen LogP) is 5.46. The highest BCUT2D eigenvalue weighted by Crippen LogP contribution is 2.45. The van der Waals surface area contributed by atoms with Crippen LogP contribution in [0.1, 0.15) is 50.5 Å². The maximum absolute atomic E-state index is 11.1. The van der Waals surface area contributed by atoms with Gasteiger partial charge in [0, 0.05) is 32.8 Å². The van der Waals surface area contributed by atoms with Gasteiger partial charge in [0.1, 0.15) is 5.75 Å². The third-order valence-electron chi connectivity index (χ3n) is 5.09. The van der Waals surface area contributed by atoms with Gasteiger partial charge in [-0.25, -0.2) is 0 Å². The number of nitrogens with one attached hydrogen (secondary N) is 1. The number of amides is 1. The number of hydrogen-bond donors (Lipinski definition) is 2. The average molecular weight is 473 g/mol. The van der Waals surface area contributed by atoms with E-state index in [1.54, 1.807) is 43.4 Å². The highest BCUT2D eigenvalue weighted by Gasteiger charge is 2.35. The summed E-state index contributed by atoms with van der Waals surface area (Å²) in [6, 6.07) is 9.31. The molecule has 34 heavy (non-hydrogen) atoms. The third kappa shape index (κ3) is 7.50. The van der Waals surface area contributed by atoms with Crippen LogP contribution in [-0.2, 0) is 4.79 Å². The topological polar surface area (TPSA) is 164 Å². The first-order valence-electron chi connectivity index (χ1n) is 10.7. The van der Waals surface area contributed by atoms with Crippen LogP contribution in [0.3, 0.4) is 0 Å². The van der Waals surface area contributed by atoms with Crippen LogP contribution in [0.5, 0.6) is 5.75 Å². The molecule has 2 N–H and O–H groups in total. The van der Waals surface area contributed by atoms with Crippen molar-refractivity contribution < 1.29 is 19.7 Å². The van der Waals surface area contributed by atoms with Crippen LogP contribution in [0, 0.1) is 20.2 Å². The maximum atomic E-state index is 11.1. The molecule has 0 aromatic heterocycles. The first-order valence-corrected chi connectivity index (χ1v) is 10.7. The van der Waals surface area contributed by atoms with Crippen molar-refractivity contribution in [3.8, 4) is 5.75 Å². The van der Waals surface area contributed by atoms with Crippen molar-refractivity contribution in [1.82, 2.24) is 5.01 Å². The van der Waals surface area contributed by atoms with Crippen LogP contribution in [0.15, 0.2) is 46.7 Å². The van der Waals surface area contributed by atoms with Gasteiger partial charge in [0.15, 0.2) is 0 Å². The molecule has 0 atom stereocenters. The van der Waals surface area contributed by atoms with Crippen LogP contribution in [0.25, 0.3) is 0 Å². The normalized spacial score (nSPS) is 13.6. The number of rotatable bonds is 6. The second kappa shape index (κ2) is 12.2. The number of benzene rings is 2. The molecule has 3 rings (SSSR count). The molecule has 1 amide bonds. The van der Waals surface area contributed by atoms with E-state index in [-0.39, 0.29) is 23.1 Å². The molecule has 0 spiro atoms. The fourth-order valence-corrected chi connectivity index (χ4v) is 3.67. The molecular formula is C22H28N6O6. The van der Waals surface area contributed by atoms with Gasteiger partial charge in [-0.05, 0) is 49.1 Å². The van der Waals surface area contributed by atoms with E-state index in [1.165, 1.54) is 13.0 Å². The Bertz CT molecular complexity index is 1050. The Hall–Kier alpha value is -4.09. The highest BCUT2D eigenvalue weighted by molar-refractivity contribution is 5.88. The number of nitro groups is 2. The van der Waals surface area contributed by atoms with Crippen LogP contribution >= 0.6 is 0 Å². The largest absolute Gasteiger partial charge is 0.507 e. The van der Waals surface area contributed by atoms with E-state index in [4.69, 9.17) is 0 Å². The van der Waals surface area contributed by atoms with Crippen molar-refractivity contribution in [2.24, 2.45) is 10.3 Å². The molecule has 1 saturated carbocycles. The second-order valence-electron chi connectivity index (χ2n) is 7.98. The number of nitro benzene ring substituents is 2. The molecule has 2 aromatic rings. The number of anilines is 1. The molecular weight excluding hydrogens is 444 g/mol. The van der Waals surface area contributed by atoms with Gasteiger partial charge in [0.05, 0.1) is 21.1 Å². The molecule has 0 bridgehead atoms. The van der Waals surface area contributed by atoms with E-state index in [9.17, 15) is 30.1 Å². The molecule has 182 valence electrons. The summed E-state index contributed by atoms with van der Waals surface area (Å²) in [5.41, 5.74) is 0.517. The molecule has 0 saturated heterocycles. The first-order chi connectivity index (χ1) is 16.1. The van der Waals surface area contributed by atoms with E-state index < -0.39 is 21.2 Å². The fraction of sp³-hybridized carbons (Fsp3) is 0.409. The average Bonchev–Trinajstić information content (AvgIpc) is 2.78. The smallest absolute Gasteiger partial charge is 0.353 e. The SMILES string of the molecule is CC(=O)Nc1ccc(N=NN(C)C)cc1.O=[N+]([O-])c1ccc(O)c(C2CCCCC2)c1[N+](=O)[O-]. The summed E-state index contributed by atoms with van der Waals surface area (Å²) in [5.74, 6) is -0.476. The van der Waals surface area contributed by atoms with Gasteiger partial charge >= 0.3 is 11.4 Å². The zero-order chi connectivity index (χ0) is 25.3. The van der Waals surface area contributed by atoms with E-state index in [2.05, 4.69) is 15.7 Å². The van der Waals surface area contributed by atoms with Crippen molar-refractivity contribution in [3.05, 3.63) is 62.2 Å². The fourth-order valence-electron chi connectivity index (χ4n) is 3.67. The molecule has 0 radical (unpaired) electrons. The number of aromatic hydroxyl groups is 1. The lowest BCUT2D eigenvalue weighted by molar-refractivity contribution is -0.423. The van der Waals surface area contributed by atoms with E-state index >= 15 is 0 Å². The number of phenolic OH excluding ortho intramolecular Hbond substituents is 1. The third-order valence-corrected chi connectivity index (χ3v) is 5.09. The lowest BCUT2D eigenvalue weighted by atomic mass is 9.82. The summed E-state index contributed by atoms with van der Waals surface area (Å²) in [7, 11) is 3.60. The van der Waals surface area contributed by atoms with Gasteiger partial charge in [-0.15, -0.1) is 5.11 Å². The van der Waals surface area contributed by atoms with Crippen LogP contribution in [-0.4, -0.2) is 40.0 Å². The highest BCUT2D eigenvalue weighted by atomic mass is 16.6. The molecule has 12 nitrogen and oxygen atoms in total. The van der Waals surface area contributed by atoms with E-state index in [0.29, 0.717) is 0 Å². The Kier molecular flexibility index (Phi) is 9.41. The van der Waals surface area contributed by atoms with Crippen molar-refractivity contribution >= 4 is 28.7 Å². The van der Waals surface area contributed by atoms with Crippen LogP contribution in [0.4, 0.5) is 22.7 Å². The molecule has 0 aliphatic heterocycles. The Balaban J connectivity index is 0.000000248. The summed E-state index contributed by atoms with van der Waals surface area (Å²) in [5, 5.41) is 44.0. The monoisotopic (exact) mass is 472 g/mol. The second-order valence-corrected chi connectivity index (χ2v) is 7.98. The molecule has 1 fully saturated rings. The molecule has 0 unspecified atom stereocenters. The Morgan fingerprint density at radius 2 is 1.65 bits per heavy atom. The summed E-state index contributed by atoms with van der Waals surface area (Å²) in [6.07, 6.45) is 4.33. The number of carbonyl (C=O) groups is 1. The lowest BCUT2D eigenvalue weighted by Gasteiger charge is -2.22. The lowest BCUT2D eigenvalue weighted by Crippen LogP contribution is -2.09. The Morgan fingerprint density at radius 1 is 1.03 bits per heavy atom. The number of nitrogens with zero attached hydrogens (tertiary/aromatic N) is 5. The predicted molar refractivity (Wildman–Crippen MR) is 126 cm³/mol. The quantitative estimate of drug-likeness (QED) is 0.320. The zero-order valence-corrected chi connectivity index (χ0v) is 19.3. The van der Waals surface area contributed by atoms with Crippen molar-refractivity contribution in [3.63, 3.8) is 0 Å². The van der Waals surface area contributed by atoms with E-state index in [1.807, 2.05) is 0 Å². The number of hydrogen-bond acceptors (Lipinski definition) is 8. The molecule has 0 heterocycles. The maximum Gasteiger partial charge on any atom is 0.353 e. The van der Waals surface area contributed by atoms with Crippen molar-refractivity contribution in [1.29, 1.82) is 0 Å². The number of phenols is 1. The van der Waals surface area contributed by atoms with E-state index in [0.717, 1.165) is 49.5 Å². The van der Waals surface area contributed by atoms with Gasteiger partial charge in [0.2, 0.25) is 5.91 Å². The number of carbonyl (C=O) groups excluding carboxylic acids is 1. The Labute approximate surface area is 196 Å². The van der Waals surface area contributed by atoms with Crippen molar-refractivity contribution in [2.45, 2.75) is 44.9 Å². The minimum absolute atomic E-state index is 0.0855. The summed E-state index contributed by atoms with van der Waals surface area (Å²) < 4.78 is 0. The molecule has 2 aromatic carbocycles. The van der Waals surface area contributed by atoms with Crippen LogP contribution in [0.2, 0.25) is 0 Å². The van der Waals surface area contributed by atoms with Gasteiger partial charge in [-0.2, -0.15) is 0 Å². The summed E-state index contributed by atoms with van der Waals surface area (Å²) in [6.45, 7) is 1.47. The van der Waals surface area contributed by atoms with Crippen LogP contribution < -0.4 is 5.32 Å². The minimum atomic E-state index is -0.774. The minimum Gasteiger partial charge on any atom is -0.507 e. The Morgan fingerprint density at radius 3 is 2.15 bits per heavy atom. The van der Waals surface area contributed by atoms with Gasteiger partial charge < -0.3 is 10.4 Å². The first kappa shape index (κ1) is 26.2. The summed E-state index contributed by atoms with van der Waals surface area (Å²) in [4.78, 5) is 31.2. The van der Waals surface area contributed by atoms with Crippen molar-refractivity contribution in [2.75, 3.05) is 19.4 Å². The molecule has 1 aliphatic carbocycles. The summed E-state index contributed by atoms with van der Waals surface area (Å²) >= 11 is 0. The van der Waals surface area contributed by atoms with Gasteiger partial charge in [-0.1, -0.05) is 24.5 Å². The van der Waals surface area contributed by atoms with Gasteiger partial charge in [-0.3, -0.25) is 30.0 Å².